The predicted molar refractivity (Wildman–Crippen MR) is 56.5 cm³/mol. The molecular weight excluding hydrogens is 198 g/mol. The van der Waals surface area contributed by atoms with Gasteiger partial charge < -0.3 is 0 Å². The molecule has 77 valence electrons. The smallest absolute Gasteiger partial charge is 0.211 e. The third-order valence-corrected chi connectivity index (χ3v) is 2.53. The molecule has 1 rings (SSSR count). The van der Waals surface area contributed by atoms with Crippen molar-refractivity contribution in [3.63, 3.8) is 0 Å². The van der Waals surface area contributed by atoms with Crippen LogP contribution in [-0.2, 0) is 10.0 Å². The molecule has 0 aliphatic heterocycles. The second kappa shape index (κ2) is 4.57. The van der Waals surface area contributed by atoms with E-state index in [2.05, 4.69) is 4.72 Å². The van der Waals surface area contributed by atoms with Crippen LogP contribution >= 0.6 is 0 Å². The lowest BCUT2D eigenvalue weighted by atomic mass is 10.1. The minimum absolute atomic E-state index is 0.244. The Hall–Kier alpha value is -0.870. The predicted octanol–water partition coefficient (Wildman–Crippen LogP) is 1.70. The van der Waals surface area contributed by atoms with E-state index in [1.807, 2.05) is 37.3 Å². The summed E-state index contributed by atoms with van der Waals surface area (Å²) in [5, 5.41) is 0. The van der Waals surface area contributed by atoms with Crippen molar-refractivity contribution in [2.24, 2.45) is 0 Å². The third kappa shape index (κ3) is 3.47. The average molecular weight is 212 g/mol. The minimum Gasteiger partial charge on any atom is -0.211 e. The van der Waals surface area contributed by atoms with Gasteiger partial charge in [0.1, 0.15) is 0 Å². The summed E-state index contributed by atoms with van der Waals surface area (Å²) in [4.78, 5) is 0. The summed E-state index contributed by atoms with van der Waals surface area (Å²) in [7, 11) is -3.26. The van der Waals surface area contributed by atoms with Crippen molar-refractivity contribution < 1.29 is 8.42 Å². The maximum absolute atomic E-state index is 11.0. The molecule has 3 nitrogen and oxygen atoms in total. The first kappa shape index (κ1) is 11.2. The summed E-state index contributed by atoms with van der Waals surface area (Å²) >= 11 is 0. The highest BCUT2D eigenvalue weighted by Gasteiger charge is 2.15. The summed E-state index contributed by atoms with van der Waals surface area (Å²) < 4.78 is 25.8. The summed E-state index contributed by atoms with van der Waals surface area (Å²) in [5.41, 5.74) is 0.945. The van der Waals surface area contributed by atoms with Gasteiger partial charge in [0.15, 0.2) is 0 Å². The van der Waals surface area contributed by atoms with Gasteiger partial charge in [-0.3, -0.25) is 0 Å². The SMILES string of the molecule is CCC([N]S(C)(=O)=O)c1ccccc1. The highest BCUT2D eigenvalue weighted by Crippen LogP contribution is 2.17. The molecule has 0 saturated heterocycles. The molecule has 0 spiro atoms. The molecule has 0 aliphatic carbocycles. The lowest BCUT2D eigenvalue weighted by molar-refractivity contribution is 0.551. The van der Waals surface area contributed by atoms with E-state index in [0.717, 1.165) is 11.8 Å². The van der Waals surface area contributed by atoms with Crippen molar-refractivity contribution >= 4 is 10.0 Å². The topological polar surface area (TPSA) is 48.2 Å². The molecule has 0 aromatic heterocycles. The van der Waals surface area contributed by atoms with Crippen LogP contribution in [0, 0.1) is 0 Å². The summed E-state index contributed by atoms with van der Waals surface area (Å²) in [5.74, 6) is 0. The Labute approximate surface area is 85.2 Å². The number of hydrogen-bond donors (Lipinski definition) is 0. The maximum atomic E-state index is 11.0. The molecule has 1 atom stereocenters. The first-order valence-corrected chi connectivity index (χ1v) is 6.35. The Morgan fingerprint density at radius 3 is 2.29 bits per heavy atom. The van der Waals surface area contributed by atoms with Gasteiger partial charge in [-0.15, -0.1) is 4.72 Å². The van der Waals surface area contributed by atoms with Crippen LogP contribution in [0.3, 0.4) is 0 Å². The van der Waals surface area contributed by atoms with Crippen molar-refractivity contribution in [2.45, 2.75) is 19.4 Å². The Balaban J connectivity index is 2.84. The van der Waals surface area contributed by atoms with Gasteiger partial charge in [0.25, 0.3) is 0 Å². The molecule has 4 heteroatoms. The summed E-state index contributed by atoms with van der Waals surface area (Å²) in [6.07, 6.45) is 1.82. The molecular formula is C10H14NO2S. The van der Waals surface area contributed by atoms with Crippen LogP contribution in [0.4, 0.5) is 0 Å². The van der Waals surface area contributed by atoms with Crippen LogP contribution in [0.2, 0.25) is 0 Å². The van der Waals surface area contributed by atoms with Crippen LogP contribution in [0.15, 0.2) is 30.3 Å². The van der Waals surface area contributed by atoms with E-state index >= 15 is 0 Å². The van der Waals surface area contributed by atoms with Crippen molar-refractivity contribution in [2.75, 3.05) is 6.26 Å². The number of benzene rings is 1. The van der Waals surface area contributed by atoms with Crippen molar-refractivity contribution in [3.8, 4) is 0 Å². The fourth-order valence-corrected chi connectivity index (χ4v) is 2.01. The molecule has 0 N–H and O–H groups in total. The monoisotopic (exact) mass is 212 g/mol. The van der Waals surface area contributed by atoms with E-state index in [1.165, 1.54) is 0 Å². The fourth-order valence-electron chi connectivity index (χ4n) is 1.28. The molecule has 0 aliphatic rings. The average Bonchev–Trinajstić information content (AvgIpc) is 2.14. The molecule has 1 aromatic rings. The van der Waals surface area contributed by atoms with Crippen LogP contribution in [0.25, 0.3) is 0 Å². The Bertz CT molecular complexity index is 372. The highest BCUT2D eigenvalue weighted by atomic mass is 32.2. The van der Waals surface area contributed by atoms with E-state index in [0.29, 0.717) is 6.42 Å². The van der Waals surface area contributed by atoms with Gasteiger partial charge in [-0.05, 0) is 12.0 Å². The van der Waals surface area contributed by atoms with Crippen LogP contribution in [0.5, 0.6) is 0 Å². The second-order valence-electron chi connectivity index (χ2n) is 3.17. The van der Waals surface area contributed by atoms with E-state index in [1.54, 1.807) is 0 Å². The van der Waals surface area contributed by atoms with E-state index in [-0.39, 0.29) is 6.04 Å². The van der Waals surface area contributed by atoms with Gasteiger partial charge in [0, 0.05) is 0 Å². The molecule has 0 heterocycles. The molecule has 1 aromatic carbocycles. The first-order valence-electron chi connectivity index (χ1n) is 4.50. The normalized spacial score (nSPS) is 13.9. The van der Waals surface area contributed by atoms with E-state index < -0.39 is 10.0 Å². The number of nitrogens with zero attached hydrogens (tertiary/aromatic N) is 1. The molecule has 1 unspecified atom stereocenters. The quantitative estimate of drug-likeness (QED) is 0.762. The molecule has 0 fully saturated rings. The lowest BCUT2D eigenvalue weighted by Gasteiger charge is -2.12. The molecule has 0 bridgehead atoms. The summed E-state index contributed by atoms with van der Waals surface area (Å²) in [6.45, 7) is 1.92. The largest absolute Gasteiger partial charge is 0.225 e. The molecule has 0 amide bonds. The zero-order valence-corrected chi connectivity index (χ0v) is 9.16. The van der Waals surface area contributed by atoms with E-state index in [9.17, 15) is 8.42 Å². The molecule has 0 saturated carbocycles. The zero-order chi connectivity index (χ0) is 10.6. The standard InChI is InChI=1S/C10H14NO2S/c1-3-10(11-14(2,12)13)9-7-5-4-6-8-9/h4-8,10H,3H2,1-2H3. The Kier molecular flexibility index (Phi) is 3.66. The maximum Gasteiger partial charge on any atom is 0.225 e. The molecule has 14 heavy (non-hydrogen) atoms. The third-order valence-electron chi connectivity index (χ3n) is 1.89. The van der Waals surface area contributed by atoms with Gasteiger partial charge in [0.2, 0.25) is 10.0 Å². The minimum atomic E-state index is -3.26. The van der Waals surface area contributed by atoms with Gasteiger partial charge in [-0.1, -0.05) is 37.3 Å². The van der Waals surface area contributed by atoms with Crippen molar-refractivity contribution in [3.05, 3.63) is 35.9 Å². The van der Waals surface area contributed by atoms with Crippen LogP contribution < -0.4 is 4.72 Å². The van der Waals surface area contributed by atoms with Gasteiger partial charge in [0.05, 0.1) is 12.3 Å². The second-order valence-corrected chi connectivity index (χ2v) is 4.85. The van der Waals surface area contributed by atoms with Crippen LogP contribution in [0.1, 0.15) is 24.9 Å². The highest BCUT2D eigenvalue weighted by molar-refractivity contribution is 7.88. The van der Waals surface area contributed by atoms with Gasteiger partial charge >= 0.3 is 0 Å². The van der Waals surface area contributed by atoms with Crippen LogP contribution in [-0.4, -0.2) is 14.7 Å². The fraction of sp³-hybridized carbons (Fsp3) is 0.400. The number of hydrogen-bond acceptors (Lipinski definition) is 2. The molecule has 1 radical (unpaired) electrons. The van der Waals surface area contributed by atoms with Gasteiger partial charge in [-0.2, -0.15) is 0 Å². The number of sulfonamides is 1. The van der Waals surface area contributed by atoms with E-state index in [4.69, 9.17) is 0 Å². The Morgan fingerprint density at radius 1 is 1.29 bits per heavy atom. The Morgan fingerprint density at radius 2 is 1.86 bits per heavy atom. The first-order chi connectivity index (χ1) is 6.53. The van der Waals surface area contributed by atoms with Crippen molar-refractivity contribution in [1.82, 2.24) is 4.72 Å². The lowest BCUT2D eigenvalue weighted by Crippen LogP contribution is -2.19. The summed E-state index contributed by atoms with van der Waals surface area (Å²) in [6, 6.07) is 9.21. The zero-order valence-electron chi connectivity index (χ0n) is 8.34. The van der Waals surface area contributed by atoms with Gasteiger partial charge in [-0.25, -0.2) is 8.42 Å². The number of rotatable bonds is 4. The van der Waals surface area contributed by atoms with Crippen molar-refractivity contribution in [1.29, 1.82) is 0 Å².